The van der Waals surface area contributed by atoms with Crippen LogP contribution in [0.15, 0.2) is 200 Å². The summed E-state index contributed by atoms with van der Waals surface area (Å²) in [5, 5.41) is 2.21. The van der Waals surface area contributed by atoms with E-state index in [-0.39, 0.29) is 0 Å². The van der Waals surface area contributed by atoms with E-state index in [9.17, 15) is 0 Å². The zero-order chi connectivity index (χ0) is 45.3. The molecule has 320 valence electrons. The van der Waals surface area contributed by atoms with Gasteiger partial charge >= 0.3 is 0 Å². The van der Waals surface area contributed by atoms with Gasteiger partial charge in [0.1, 0.15) is 0 Å². The van der Waals surface area contributed by atoms with Crippen molar-refractivity contribution < 1.29 is 0 Å². The molecule has 5 heteroatoms. The quantitative estimate of drug-likeness (QED) is 0.137. The summed E-state index contributed by atoms with van der Waals surface area (Å²) in [5.41, 5.74) is 19.1. The van der Waals surface area contributed by atoms with Crippen molar-refractivity contribution in [2.45, 2.75) is 41.5 Å². The Kier molecular flexibility index (Phi) is 11.3. The van der Waals surface area contributed by atoms with E-state index in [4.69, 9.17) is 15.0 Å². The summed E-state index contributed by atoms with van der Waals surface area (Å²) in [6.45, 7) is 13.2. The van der Waals surface area contributed by atoms with Crippen molar-refractivity contribution in [2.75, 3.05) is 9.80 Å². The van der Waals surface area contributed by atoms with Crippen molar-refractivity contribution in [3.63, 3.8) is 0 Å². The van der Waals surface area contributed by atoms with Crippen LogP contribution in [-0.4, -0.2) is 15.0 Å². The lowest BCUT2D eigenvalue weighted by molar-refractivity contribution is 1.02. The van der Waals surface area contributed by atoms with Crippen LogP contribution in [0.1, 0.15) is 33.4 Å². The van der Waals surface area contributed by atoms with Gasteiger partial charge in [0.15, 0.2) is 11.6 Å². The van der Waals surface area contributed by atoms with Crippen molar-refractivity contribution in [2.24, 2.45) is 0 Å². The molecule has 0 radical (unpaired) electrons. The van der Waals surface area contributed by atoms with Gasteiger partial charge in [-0.25, -0.2) is 4.98 Å². The van der Waals surface area contributed by atoms with E-state index in [1.807, 2.05) is 18.2 Å². The third-order valence-corrected chi connectivity index (χ3v) is 12.4. The monoisotopic (exact) mass is 853 g/mol. The predicted octanol–water partition coefficient (Wildman–Crippen LogP) is 16.5. The lowest BCUT2D eigenvalue weighted by Gasteiger charge is -2.32. The molecule has 0 N–H and O–H groups in total. The minimum Gasteiger partial charge on any atom is -0.309 e. The molecule has 0 spiro atoms. The van der Waals surface area contributed by atoms with Gasteiger partial charge in [-0.05, 0) is 128 Å². The van der Waals surface area contributed by atoms with Crippen molar-refractivity contribution in [3.8, 4) is 45.0 Å². The summed E-state index contributed by atoms with van der Waals surface area (Å²) >= 11 is 0. The Labute approximate surface area is 388 Å². The standard InChI is InChI=1S/C61H51N5/c1-40-36-42(3)57(43(4)37-40)66(58-44(5)38-41(2)39-45(58)6)53-34-32-52(33-35-53)65(51-30-28-47(29-31-51)46-18-10-7-11-19-46)61-63-59(50-22-14-9-15-23-50)62-60(64-61)55-27-17-25-49-24-16-26-54(56(49)55)48-20-12-8-13-21-48/h7-39H,1-6H3. The average Bonchev–Trinajstić information content (AvgIpc) is 3.34. The fraction of sp³-hybridized carbons (Fsp3) is 0.0984. The molecule has 0 unspecified atom stereocenters. The molecule has 0 saturated heterocycles. The Hall–Kier alpha value is -8.15. The summed E-state index contributed by atoms with van der Waals surface area (Å²) in [6, 6.07) is 70.8. The first-order valence-corrected chi connectivity index (χ1v) is 22.6. The molecule has 0 saturated carbocycles. The molecule has 10 rings (SSSR count). The number of nitrogens with zero attached hydrogens (tertiary/aromatic N) is 5. The number of rotatable bonds is 10. The zero-order valence-electron chi connectivity index (χ0n) is 38.3. The highest BCUT2D eigenvalue weighted by molar-refractivity contribution is 6.05. The van der Waals surface area contributed by atoms with Crippen LogP contribution in [0.2, 0.25) is 0 Å². The molecule has 0 aliphatic carbocycles. The maximum Gasteiger partial charge on any atom is 0.238 e. The maximum atomic E-state index is 5.46. The normalized spacial score (nSPS) is 11.2. The Balaban J connectivity index is 1.19. The number of benzene rings is 9. The molecular formula is C61H51N5. The van der Waals surface area contributed by atoms with E-state index in [1.54, 1.807) is 0 Å². The SMILES string of the molecule is Cc1cc(C)c(N(c2ccc(N(c3ccc(-c4ccccc4)cc3)c3nc(-c4ccccc4)nc(-c4cccc5cccc(-c6ccccc6)c45)n3)cc2)c2c(C)cc(C)cc2C)c(C)c1. The molecule has 10 aromatic rings. The third-order valence-electron chi connectivity index (χ3n) is 12.4. The summed E-state index contributed by atoms with van der Waals surface area (Å²) in [4.78, 5) is 20.7. The second-order valence-electron chi connectivity index (χ2n) is 17.3. The molecule has 9 aromatic carbocycles. The van der Waals surface area contributed by atoms with Crippen LogP contribution in [0, 0.1) is 41.5 Å². The Morgan fingerprint density at radius 2 is 0.727 bits per heavy atom. The molecule has 0 aliphatic rings. The van der Waals surface area contributed by atoms with Crippen LogP contribution >= 0.6 is 0 Å². The molecule has 66 heavy (non-hydrogen) atoms. The highest BCUT2D eigenvalue weighted by Gasteiger charge is 2.24. The minimum atomic E-state index is 0.514. The Morgan fingerprint density at radius 3 is 1.24 bits per heavy atom. The molecule has 5 nitrogen and oxygen atoms in total. The maximum absolute atomic E-state index is 5.46. The van der Waals surface area contributed by atoms with Gasteiger partial charge < -0.3 is 4.90 Å². The molecule has 0 bridgehead atoms. The van der Waals surface area contributed by atoms with Crippen molar-refractivity contribution in [1.82, 2.24) is 15.0 Å². The molecule has 0 fully saturated rings. The van der Waals surface area contributed by atoms with Gasteiger partial charge in [-0.2, -0.15) is 9.97 Å². The van der Waals surface area contributed by atoms with Crippen LogP contribution in [0.3, 0.4) is 0 Å². The molecular weight excluding hydrogens is 803 g/mol. The fourth-order valence-electron chi connectivity index (χ4n) is 9.67. The van der Waals surface area contributed by atoms with Gasteiger partial charge in [0.25, 0.3) is 0 Å². The zero-order valence-corrected chi connectivity index (χ0v) is 38.3. The Morgan fingerprint density at radius 1 is 0.318 bits per heavy atom. The van der Waals surface area contributed by atoms with Gasteiger partial charge in [-0.1, -0.05) is 175 Å². The highest BCUT2D eigenvalue weighted by atomic mass is 15.3. The van der Waals surface area contributed by atoms with Crippen LogP contribution < -0.4 is 9.80 Å². The molecule has 1 aromatic heterocycles. The van der Waals surface area contributed by atoms with Gasteiger partial charge in [-0.3, -0.25) is 4.90 Å². The lowest BCUT2D eigenvalue weighted by Crippen LogP contribution is -2.17. The van der Waals surface area contributed by atoms with Crippen molar-refractivity contribution in [1.29, 1.82) is 0 Å². The number of aryl methyl sites for hydroxylation is 6. The van der Waals surface area contributed by atoms with Gasteiger partial charge in [0, 0.05) is 33.6 Å². The topological polar surface area (TPSA) is 45.2 Å². The third kappa shape index (κ3) is 8.12. The van der Waals surface area contributed by atoms with E-state index in [0.717, 1.165) is 61.2 Å². The highest BCUT2D eigenvalue weighted by Crippen LogP contribution is 2.45. The van der Waals surface area contributed by atoms with E-state index >= 15 is 0 Å². The van der Waals surface area contributed by atoms with E-state index in [2.05, 4.69) is 233 Å². The molecule has 0 atom stereocenters. The van der Waals surface area contributed by atoms with Crippen LogP contribution in [0.5, 0.6) is 0 Å². The van der Waals surface area contributed by atoms with Crippen molar-refractivity contribution >= 4 is 45.2 Å². The first-order valence-electron chi connectivity index (χ1n) is 22.6. The van der Waals surface area contributed by atoms with E-state index < -0.39 is 0 Å². The summed E-state index contributed by atoms with van der Waals surface area (Å²) < 4.78 is 0. The molecule has 1 heterocycles. The molecule has 0 aliphatic heterocycles. The minimum absolute atomic E-state index is 0.514. The number of hydrogen-bond donors (Lipinski definition) is 0. The van der Waals surface area contributed by atoms with Gasteiger partial charge in [0.05, 0.1) is 11.4 Å². The van der Waals surface area contributed by atoms with Crippen LogP contribution in [0.4, 0.5) is 34.4 Å². The van der Waals surface area contributed by atoms with Gasteiger partial charge in [-0.15, -0.1) is 0 Å². The summed E-state index contributed by atoms with van der Waals surface area (Å²) in [5.74, 6) is 1.70. The smallest absolute Gasteiger partial charge is 0.238 e. The number of fused-ring (bicyclic) bond motifs is 1. The van der Waals surface area contributed by atoms with Gasteiger partial charge in [0.2, 0.25) is 5.95 Å². The second kappa shape index (κ2) is 17.8. The van der Waals surface area contributed by atoms with Crippen LogP contribution in [-0.2, 0) is 0 Å². The van der Waals surface area contributed by atoms with E-state index in [0.29, 0.717) is 17.6 Å². The first-order chi connectivity index (χ1) is 32.2. The molecule has 0 amide bonds. The lowest BCUT2D eigenvalue weighted by atomic mass is 9.94. The van der Waals surface area contributed by atoms with Crippen LogP contribution in [0.25, 0.3) is 55.8 Å². The summed E-state index contributed by atoms with van der Waals surface area (Å²) in [6.07, 6.45) is 0. The van der Waals surface area contributed by atoms with Crippen molar-refractivity contribution in [3.05, 3.63) is 234 Å². The number of anilines is 6. The first kappa shape index (κ1) is 41.8. The fourth-order valence-corrected chi connectivity index (χ4v) is 9.67. The number of aromatic nitrogens is 3. The second-order valence-corrected chi connectivity index (χ2v) is 17.3. The number of hydrogen-bond acceptors (Lipinski definition) is 5. The largest absolute Gasteiger partial charge is 0.309 e. The Bertz CT molecular complexity index is 3240. The van der Waals surface area contributed by atoms with E-state index in [1.165, 1.54) is 44.8 Å². The predicted molar refractivity (Wildman–Crippen MR) is 277 cm³/mol. The summed E-state index contributed by atoms with van der Waals surface area (Å²) in [7, 11) is 0. The average molecular weight is 854 g/mol.